The van der Waals surface area contributed by atoms with Crippen LogP contribution in [0.4, 0.5) is 0 Å². The fourth-order valence-electron chi connectivity index (χ4n) is 4.69. The molecular weight excluding hydrogens is 404 g/mol. The highest BCUT2D eigenvalue weighted by Gasteiger charge is 2.43. The van der Waals surface area contributed by atoms with Crippen molar-refractivity contribution in [2.75, 3.05) is 19.8 Å². The molecule has 0 saturated carbocycles. The number of hydrogen-bond acceptors (Lipinski definition) is 4. The fraction of sp³-hybridized carbons (Fsp3) is 0.615. The molecule has 1 aliphatic carbocycles. The van der Waals surface area contributed by atoms with Gasteiger partial charge in [-0.2, -0.15) is 0 Å². The summed E-state index contributed by atoms with van der Waals surface area (Å²) >= 11 is 0. The average Bonchev–Trinajstić information content (AvgIpc) is 3.15. The Balaban J connectivity index is 1.77. The molecule has 31 heavy (non-hydrogen) atoms. The van der Waals surface area contributed by atoms with Crippen LogP contribution in [-0.2, 0) is 25.2 Å². The van der Waals surface area contributed by atoms with Crippen molar-refractivity contribution in [1.82, 2.24) is 0 Å². The first-order valence-electron chi connectivity index (χ1n) is 11.6. The molecule has 1 heterocycles. The van der Waals surface area contributed by atoms with Crippen LogP contribution in [0.3, 0.4) is 0 Å². The standard InChI is InChI=1S/C26H40O4Si/c1-7-25(2)22(20-27-19-21-11-9-8-10-12-21)13-14-24(30-31(4,5)6)23(25)15-16-26(3)28-17-18-29-26/h7-12,22H,1,13-20H2,2-6H3/t22-,25-/m0/s1. The van der Waals surface area contributed by atoms with E-state index in [1.165, 1.54) is 16.9 Å². The Kier molecular flexibility index (Phi) is 7.84. The van der Waals surface area contributed by atoms with E-state index in [1.807, 2.05) is 13.0 Å². The predicted octanol–water partition coefficient (Wildman–Crippen LogP) is 6.45. The Labute approximate surface area is 189 Å². The lowest BCUT2D eigenvalue weighted by molar-refractivity contribution is -0.146. The summed E-state index contributed by atoms with van der Waals surface area (Å²) in [6.07, 6.45) is 5.83. The molecule has 5 heteroatoms. The first-order valence-corrected chi connectivity index (χ1v) is 15.0. The van der Waals surface area contributed by atoms with Crippen LogP contribution < -0.4 is 0 Å². The van der Waals surface area contributed by atoms with Crippen molar-refractivity contribution in [3.8, 4) is 0 Å². The lowest BCUT2D eigenvalue weighted by Gasteiger charge is -2.44. The van der Waals surface area contributed by atoms with Crippen LogP contribution in [0.25, 0.3) is 0 Å². The van der Waals surface area contributed by atoms with Gasteiger partial charge in [0, 0.05) is 18.3 Å². The van der Waals surface area contributed by atoms with E-state index in [0.29, 0.717) is 32.3 Å². The van der Waals surface area contributed by atoms with E-state index in [-0.39, 0.29) is 5.41 Å². The fourth-order valence-corrected chi connectivity index (χ4v) is 5.65. The molecule has 0 bridgehead atoms. The van der Waals surface area contributed by atoms with Crippen molar-refractivity contribution in [2.24, 2.45) is 11.3 Å². The third-order valence-corrected chi connectivity index (χ3v) is 7.42. The molecule has 1 aromatic carbocycles. The highest BCUT2D eigenvalue weighted by Crippen LogP contribution is 2.49. The minimum atomic E-state index is -1.72. The molecule has 4 nitrogen and oxygen atoms in total. The van der Waals surface area contributed by atoms with Crippen LogP contribution in [0, 0.1) is 11.3 Å². The van der Waals surface area contributed by atoms with Crippen LogP contribution in [0.2, 0.25) is 19.6 Å². The topological polar surface area (TPSA) is 36.9 Å². The molecule has 1 aliphatic heterocycles. The Hall–Kier alpha value is -1.40. The molecule has 3 rings (SSSR count). The van der Waals surface area contributed by atoms with Gasteiger partial charge in [0.15, 0.2) is 5.79 Å². The molecule has 0 unspecified atom stereocenters. The molecule has 0 spiro atoms. The Morgan fingerprint density at radius 3 is 2.42 bits per heavy atom. The van der Waals surface area contributed by atoms with Gasteiger partial charge in [0.2, 0.25) is 8.32 Å². The van der Waals surface area contributed by atoms with E-state index in [1.54, 1.807) is 0 Å². The minimum absolute atomic E-state index is 0.168. The monoisotopic (exact) mass is 444 g/mol. The Morgan fingerprint density at radius 1 is 1.13 bits per heavy atom. The summed E-state index contributed by atoms with van der Waals surface area (Å²) in [5, 5.41) is 0. The van der Waals surface area contributed by atoms with Crippen LogP contribution >= 0.6 is 0 Å². The van der Waals surface area contributed by atoms with Gasteiger partial charge in [0.25, 0.3) is 0 Å². The van der Waals surface area contributed by atoms with E-state index in [9.17, 15) is 0 Å². The van der Waals surface area contributed by atoms with Crippen molar-refractivity contribution in [2.45, 2.75) is 71.6 Å². The van der Waals surface area contributed by atoms with E-state index < -0.39 is 14.1 Å². The smallest absolute Gasteiger partial charge is 0.241 e. The summed E-state index contributed by atoms with van der Waals surface area (Å²) in [6.45, 7) is 18.1. The lowest BCUT2D eigenvalue weighted by atomic mass is 9.64. The zero-order chi connectivity index (χ0) is 22.5. The van der Waals surface area contributed by atoms with Gasteiger partial charge >= 0.3 is 0 Å². The summed E-state index contributed by atoms with van der Waals surface area (Å²) in [4.78, 5) is 0. The van der Waals surface area contributed by atoms with E-state index in [0.717, 1.165) is 25.7 Å². The van der Waals surface area contributed by atoms with E-state index in [4.69, 9.17) is 18.6 Å². The number of allylic oxidation sites excluding steroid dienone is 3. The van der Waals surface area contributed by atoms with Crippen LogP contribution in [-0.4, -0.2) is 33.9 Å². The van der Waals surface area contributed by atoms with Gasteiger partial charge in [-0.1, -0.05) is 43.3 Å². The third-order valence-electron chi connectivity index (χ3n) is 6.57. The van der Waals surface area contributed by atoms with Crippen molar-refractivity contribution in [3.63, 3.8) is 0 Å². The third kappa shape index (κ3) is 6.32. The summed E-state index contributed by atoms with van der Waals surface area (Å²) in [5.74, 6) is 1.04. The number of ether oxygens (including phenoxy) is 3. The first kappa shape index (κ1) is 24.2. The summed E-state index contributed by atoms with van der Waals surface area (Å²) in [5.41, 5.74) is 2.39. The molecule has 0 aromatic heterocycles. The molecular formula is C26H40O4Si. The van der Waals surface area contributed by atoms with Gasteiger partial charge in [-0.25, -0.2) is 0 Å². The van der Waals surface area contributed by atoms with Gasteiger partial charge in [-0.15, -0.1) is 6.58 Å². The van der Waals surface area contributed by atoms with Gasteiger partial charge in [-0.3, -0.25) is 0 Å². The summed E-state index contributed by atoms with van der Waals surface area (Å²) in [6, 6.07) is 10.4. The zero-order valence-electron chi connectivity index (χ0n) is 20.0. The van der Waals surface area contributed by atoms with Gasteiger partial charge < -0.3 is 18.6 Å². The minimum Gasteiger partial charge on any atom is -0.547 e. The molecule has 2 aliphatic rings. The van der Waals surface area contributed by atoms with Crippen LogP contribution in [0.15, 0.2) is 54.3 Å². The van der Waals surface area contributed by atoms with Crippen molar-refractivity contribution < 1.29 is 18.6 Å². The summed E-state index contributed by atoms with van der Waals surface area (Å²) < 4.78 is 24.6. The second kappa shape index (κ2) is 10.0. The molecule has 172 valence electrons. The average molecular weight is 445 g/mol. The van der Waals surface area contributed by atoms with Gasteiger partial charge in [0.1, 0.15) is 0 Å². The van der Waals surface area contributed by atoms with Crippen LogP contribution in [0.1, 0.15) is 45.1 Å². The van der Waals surface area contributed by atoms with Crippen molar-refractivity contribution in [3.05, 3.63) is 59.9 Å². The Bertz CT molecular complexity index is 761. The second-order valence-corrected chi connectivity index (χ2v) is 14.6. The number of hydrogen-bond donors (Lipinski definition) is 0. The maximum atomic E-state index is 6.61. The highest BCUT2D eigenvalue weighted by molar-refractivity contribution is 6.70. The summed E-state index contributed by atoms with van der Waals surface area (Å²) in [7, 11) is -1.72. The Morgan fingerprint density at radius 2 is 1.81 bits per heavy atom. The molecule has 1 aromatic rings. The highest BCUT2D eigenvalue weighted by atomic mass is 28.4. The normalized spacial score (nSPS) is 26.2. The zero-order valence-corrected chi connectivity index (χ0v) is 21.0. The van der Waals surface area contributed by atoms with Gasteiger partial charge in [-0.05, 0) is 56.5 Å². The molecule has 1 fully saturated rings. The lowest BCUT2D eigenvalue weighted by Crippen LogP contribution is -2.38. The number of benzene rings is 1. The van der Waals surface area contributed by atoms with E-state index >= 15 is 0 Å². The molecule has 0 N–H and O–H groups in total. The predicted molar refractivity (Wildman–Crippen MR) is 128 cm³/mol. The molecule has 2 atom stereocenters. The van der Waals surface area contributed by atoms with Crippen molar-refractivity contribution in [1.29, 1.82) is 0 Å². The maximum absolute atomic E-state index is 6.61. The largest absolute Gasteiger partial charge is 0.547 e. The molecule has 1 saturated heterocycles. The quantitative estimate of drug-likeness (QED) is 0.307. The second-order valence-electron chi connectivity index (χ2n) is 10.2. The first-order chi connectivity index (χ1) is 14.7. The van der Waals surface area contributed by atoms with Crippen molar-refractivity contribution >= 4 is 8.32 Å². The van der Waals surface area contributed by atoms with Crippen LogP contribution in [0.5, 0.6) is 0 Å². The SMILES string of the molecule is C=C[C@]1(C)C(CCC2(C)OCCO2)=C(O[Si](C)(C)C)CC[C@H]1COCc1ccccc1. The van der Waals surface area contributed by atoms with Gasteiger partial charge in [0.05, 0.1) is 32.2 Å². The molecule has 0 amide bonds. The van der Waals surface area contributed by atoms with E-state index in [2.05, 4.69) is 63.5 Å². The number of rotatable bonds is 10. The maximum Gasteiger partial charge on any atom is 0.241 e. The molecule has 0 radical (unpaired) electrons.